The zero-order valence-electron chi connectivity index (χ0n) is 15.8. The molecule has 2 N–H and O–H groups in total. The molecule has 1 aromatic rings. The first kappa shape index (κ1) is 20.2. The third-order valence-corrected chi connectivity index (χ3v) is 6.47. The van der Waals surface area contributed by atoms with Gasteiger partial charge in [-0.15, -0.1) is 12.4 Å². The third kappa shape index (κ3) is 4.14. The number of nitrogens with zero attached hydrogens (tertiary/aromatic N) is 1. The lowest BCUT2D eigenvalue weighted by molar-refractivity contribution is -0.134. The fourth-order valence-electron chi connectivity index (χ4n) is 4.94. The molecule has 3 aliphatic rings. The minimum Gasteiger partial charge on any atom is -0.338 e. The van der Waals surface area contributed by atoms with Crippen molar-refractivity contribution in [3.8, 4) is 0 Å². The number of nitrogens with one attached hydrogen (secondary N) is 2. The highest BCUT2D eigenvalue weighted by atomic mass is 35.5. The molecule has 1 aliphatic carbocycles. The topological polar surface area (TPSA) is 61.4 Å². The van der Waals surface area contributed by atoms with Crippen LogP contribution in [0.25, 0.3) is 0 Å². The molecule has 5 nitrogen and oxygen atoms in total. The molecule has 2 aliphatic heterocycles. The summed E-state index contributed by atoms with van der Waals surface area (Å²) in [6.45, 7) is 3.24. The maximum Gasteiger partial charge on any atom is 0.232 e. The molecule has 3 fully saturated rings. The molecule has 0 radical (unpaired) electrons. The molecule has 6 heteroatoms. The van der Waals surface area contributed by atoms with E-state index in [9.17, 15) is 9.59 Å². The van der Waals surface area contributed by atoms with Crippen molar-refractivity contribution >= 4 is 29.9 Å². The molecular weight excluding hydrogens is 362 g/mol. The number of piperidine rings is 1. The Labute approximate surface area is 167 Å². The fourth-order valence-corrected chi connectivity index (χ4v) is 4.94. The number of halogens is 1. The predicted octanol–water partition coefficient (Wildman–Crippen LogP) is 3.34. The van der Waals surface area contributed by atoms with E-state index >= 15 is 0 Å². The number of anilines is 1. The number of amides is 2. The Bertz CT molecular complexity index is 696. The highest BCUT2D eigenvalue weighted by Crippen LogP contribution is 2.44. The van der Waals surface area contributed by atoms with Gasteiger partial charge in [0.1, 0.15) is 0 Å². The van der Waals surface area contributed by atoms with Gasteiger partial charge in [-0.1, -0.05) is 25.0 Å². The van der Waals surface area contributed by atoms with Gasteiger partial charge in [0.25, 0.3) is 0 Å². The van der Waals surface area contributed by atoms with E-state index in [1.165, 1.54) is 6.42 Å². The van der Waals surface area contributed by atoms with Crippen LogP contribution in [-0.2, 0) is 16.1 Å². The number of carbonyl (C=O) groups excluding carboxylic acids is 2. The van der Waals surface area contributed by atoms with E-state index in [1.54, 1.807) is 0 Å². The van der Waals surface area contributed by atoms with Gasteiger partial charge >= 0.3 is 0 Å². The van der Waals surface area contributed by atoms with Crippen LogP contribution in [0.3, 0.4) is 0 Å². The van der Waals surface area contributed by atoms with Crippen molar-refractivity contribution in [2.75, 3.05) is 25.0 Å². The average Bonchev–Trinajstić information content (AvgIpc) is 3.09. The van der Waals surface area contributed by atoms with E-state index in [0.29, 0.717) is 18.9 Å². The average molecular weight is 392 g/mol. The highest BCUT2D eigenvalue weighted by Gasteiger charge is 2.49. The van der Waals surface area contributed by atoms with Crippen molar-refractivity contribution in [2.24, 2.45) is 11.3 Å². The van der Waals surface area contributed by atoms with Crippen LogP contribution in [0.5, 0.6) is 0 Å². The molecular formula is C21H30ClN3O2. The molecule has 2 amide bonds. The van der Waals surface area contributed by atoms with Gasteiger partial charge in [-0.2, -0.15) is 0 Å². The number of rotatable bonds is 4. The monoisotopic (exact) mass is 391 g/mol. The van der Waals surface area contributed by atoms with Crippen LogP contribution in [-0.4, -0.2) is 36.3 Å². The Morgan fingerprint density at radius 1 is 1.26 bits per heavy atom. The quantitative estimate of drug-likeness (QED) is 0.827. The first-order valence-corrected chi connectivity index (χ1v) is 10.1. The lowest BCUT2D eigenvalue weighted by atomic mass is 9.67. The maximum atomic E-state index is 13.1. The summed E-state index contributed by atoms with van der Waals surface area (Å²) < 4.78 is 0. The van der Waals surface area contributed by atoms with Crippen LogP contribution < -0.4 is 10.6 Å². The van der Waals surface area contributed by atoms with Gasteiger partial charge in [-0.05, 0) is 55.8 Å². The van der Waals surface area contributed by atoms with Crippen LogP contribution in [0.1, 0.15) is 50.5 Å². The van der Waals surface area contributed by atoms with Crippen molar-refractivity contribution in [1.29, 1.82) is 0 Å². The molecule has 1 aromatic carbocycles. The van der Waals surface area contributed by atoms with Gasteiger partial charge in [0.2, 0.25) is 11.8 Å². The zero-order valence-corrected chi connectivity index (χ0v) is 16.7. The molecule has 0 unspecified atom stereocenters. The summed E-state index contributed by atoms with van der Waals surface area (Å²) in [6, 6.07) is 7.99. The number of likely N-dealkylation sites (tertiary alicyclic amines) is 1. The van der Waals surface area contributed by atoms with E-state index in [0.717, 1.165) is 63.0 Å². The summed E-state index contributed by atoms with van der Waals surface area (Å²) in [5.41, 5.74) is 1.69. The second-order valence-electron chi connectivity index (χ2n) is 8.16. The van der Waals surface area contributed by atoms with Crippen molar-refractivity contribution in [2.45, 2.75) is 51.5 Å². The van der Waals surface area contributed by atoms with Crippen molar-refractivity contribution in [3.05, 3.63) is 29.8 Å². The summed E-state index contributed by atoms with van der Waals surface area (Å²) in [5.74, 6) is 0.871. The molecule has 148 valence electrons. The number of hydrogen-bond donors (Lipinski definition) is 2. The molecule has 1 saturated carbocycles. The largest absolute Gasteiger partial charge is 0.338 e. The molecule has 2 heterocycles. The smallest absolute Gasteiger partial charge is 0.232 e. The molecule has 0 bridgehead atoms. The van der Waals surface area contributed by atoms with E-state index in [2.05, 4.69) is 10.6 Å². The van der Waals surface area contributed by atoms with E-state index < -0.39 is 0 Å². The van der Waals surface area contributed by atoms with Gasteiger partial charge in [0.15, 0.2) is 0 Å². The lowest BCUT2D eigenvalue weighted by Crippen LogP contribution is -2.44. The van der Waals surface area contributed by atoms with E-state index in [-0.39, 0.29) is 29.6 Å². The Hall–Kier alpha value is -1.59. The summed E-state index contributed by atoms with van der Waals surface area (Å²) >= 11 is 0. The lowest BCUT2D eigenvalue weighted by Gasteiger charge is -2.37. The molecule has 4 rings (SSSR count). The predicted molar refractivity (Wildman–Crippen MR) is 109 cm³/mol. The van der Waals surface area contributed by atoms with Crippen LogP contribution in [0.4, 0.5) is 5.69 Å². The van der Waals surface area contributed by atoms with Gasteiger partial charge in [0.05, 0.1) is 5.41 Å². The minimum atomic E-state index is -0.239. The van der Waals surface area contributed by atoms with Crippen LogP contribution >= 0.6 is 12.4 Å². The number of carbonyl (C=O) groups is 2. The van der Waals surface area contributed by atoms with Crippen LogP contribution in [0.15, 0.2) is 24.3 Å². The second-order valence-corrected chi connectivity index (χ2v) is 8.16. The Morgan fingerprint density at radius 3 is 3.00 bits per heavy atom. The SMILES string of the molecule is Cl.O=C1CCCCN1Cc1cccc(NC(=O)[C@@]23CCCC[C@H]2CNC3)c1. The first-order chi connectivity index (χ1) is 12.7. The summed E-state index contributed by atoms with van der Waals surface area (Å²) in [4.78, 5) is 27.1. The Kier molecular flexibility index (Phi) is 6.43. The standard InChI is InChI=1S/C21H29N3O2.ClH/c25-19-9-2-4-11-24(19)14-16-6-5-8-18(12-16)23-20(26)21-10-3-1-7-17(21)13-22-15-21;/h5-6,8,12,17,22H,1-4,7,9-11,13-15H2,(H,23,26);1H/t17-,21+;/m0./s1. The molecule has 27 heavy (non-hydrogen) atoms. The Balaban J connectivity index is 0.00000210. The van der Waals surface area contributed by atoms with Crippen LogP contribution in [0.2, 0.25) is 0 Å². The van der Waals surface area contributed by atoms with Crippen molar-refractivity contribution < 1.29 is 9.59 Å². The minimum absolute atomic E-state index is 0. The van der Waals surface area contributed by atoms with Gasteiger partial charge in [0, 0.05) is 31.7 Å². The van der Waals surface area contributed by atoms with Crippen LogP contribution in [0, 0.1) is 11.3 Å². The molecule has 0 spiro atoms. The first-order valence-electron chi connectivity index (χ1n) is 10.1. The molecule has 2 atom stereocenters. The summed E-state index contributed by atoms with van der Waals surface area (Å²) in [6.07, 6.45) is 7.26. The third-order valence-electron chi connectivity index (χ3n) is 6.47. The number of hydrogen-bond acceptors (Lipinski definition) is 3. The van der Waals surface area contributed by atoms with Gasteiger partial charge in [-0.25, -0.2) is 0 Å². The second kappa shape index (κ2) is 8.61. The highest BCUT2D eigenvalue weighted by molar-refractivity contribution is 5.96. The van der Waals surface area contributed by atoms with Gasteiger partial charge < -0.3 is 15.5 Å². The normalized spacial score (nSPS) is 27.6. The van der Waals surface area contributed by atoms with Crippen molar-refractivity contribution in [1.82, 2.24) is 10.2 Å². The number of benzene rings is 1. The van der Waals surface area contributed by atoms with Crippen molar-refractivity contribution in [3.63, 3.8) is 0 Å². The Morgan fingerprint density at radius 2 is 2.15 bits per heavy atom. The van der Waals surface area contributed by atoms with Gasteiger partial charge in [-0.3, -0.25) is 9.59 Å². The summed E-state index contributed by atoms with van der Waals surface area (Å²) in [5, 5.41) is 6.62. The van der Waals surface area contributed by atoms with E-state index in [4.69, 9.17) is 0 Å². The molecule has 0 aromatic heterocycles. The maximum absolute atomic E-state index is 13.1. The van der Waals surface area contributed by atoms with E-state index in [1.807, 2.05) is 29.2 Å². The molecule has 2 saturated heterocycles. The fraction of sp³-hybridized carbons (Fsp3) is 0.619. The zero-order chi connectivity index (χ0) is 18.0. The number of fused-ring (bicyclic) bond motifs is 1. The summed E-state index contributed by atoms with van der Waals surface area (Å²) in [7, 11) is 0.